The van der Waals surface area contributed by atoms with Gasteiger partial charge in [0.05, 0.1) is 0 Å². The highest BCUT2D eigenvalue weighted by Crippen LogP contribution is 2.30. The van der Waals surface area contributed by atoms with Gasteiger partial charge in [-0.2, -0.15) is 0 Å². The summed E-state index contributed by atoms with van der Waals surface area (Å²) in [4.78, 5) is 18.0. The molecule has 0 radical (unpaired) electrons. The molecule has 8 heteroatoms. The number of amides is 1. The second kappa shape index (κ2) is 5.67. The lowest BCUT2D eigenvalue weighted by Gasteiger charge is -2.24. The molecule has 0 bridgehead atoms. The first-order chi connectivity index (χ1) is 10.7. The van der Waals surface area contributed by atoms with Crippen molar-refractivity contribution >= 4 is 33.4 Å². The number of rotatable bonds is 1. The van der Waals surface area contributed by atoms with Crippen LogP contribution in [0.4, 0.5) is 10.6 Å². The molecule has 2 N–H and O–H groups in total. The van der Waals surface area contributed by atoms with Gasteiger partial charge in [-0.25, -0.2) is 14.3 Å². The minimum Gasteiger partial charge on any atom is -0.444 e. The molecule has 1 atom stereocenters. The molecule has 0 saturated carbocycles. The van der Waals surface area contributed by atoms with E-state index in [-0.39, 0.29) is 12.0 Å². The van der Waals surface area contributed by atoms with Crippen LogP contribution in [0.3, 0.4) is 0 Å². The Balaban J connectivity index is 1.81. The van der Waals surface area contributed by atoms with Gasteiger partial charge in [-0.15, -0.1) is 5.10 Å². The van der Waals surface area contributed by atoms with Crippen molar-refractivity contribution in [1.29, 1.82) is 0 Å². The third-order valence-corrected chi connectivity index (χ3v) is 4.14. The summed E-state index contributed by atoms with van der Waals surface area (Å²) in [5, 5.41) is 4.38. The highest BCUT2D eigenvalue weighted by atomic mass is 79.9. The van der Waals surface area contributed by atoms with E-state index in [2.05, 4.69) is 26.0 Å². The lowest BCUT2D eigenvalue weighted by Crippen LogP contribution is -2.35. The number of likely N-dealkylation sites (tertiary alicyclic amines) is 1. The Bertz CT molecular complexity index is 752. The summed E-state index contributed by atoms with van der Waals surface area (Å²) >= 11 is 3.27. The first-order valence-corrected chi connectivity index (χ1v) is 8.32. The fourth-order valence-corrected chi connectivity index (χ4v) is 3.16. The van der Waals surface area contributed by atoms with Gasteiger partial charge >= 0.3 is 6.09 Å². The lowest BCUT2D eigenvalue weighted by atomic mass is 10.1. The third-order valence-electron chi connectivity index (χ3n) is 3.80. The van der Waals surface area contributed by atoms with E-state index >= 15 is 0 Å². The number of nitrogens with two attached hydrogens (primary N) is 1. The van der Waals surface area contributed by atoms with Crippen molar-refractivity contribution in [2.75, 3.05) is 18.8 Å². The highest BCUT2D eigenvalue weighted by Gasteiger charge is 2.32. The third kappa shape index (κ3) is 3.26. The van der Waals surface area contributed by atoms with Crippen molar-refractivity contribution in [2.45, 2.75) is 38.7 Å². The summed E-state index contributed by atoms with van der Waals surface area (Å²) in [7, 11) is 0. The van der Waals surface area contributed by atoms with Gasteiger partial charge in [0, 0.05) is 24.7 Å². The van der Waals surface area contributed by atoms with E-state index in [4.69, 9.17) is 10.5 Å². The molecule has 0 aliphatic carbocycles. The van der Waals surface area contributed by atoms with Crippen LogP contribution in [0.1, 0.15) is 38.8 Å². The van der Waals surface area contributed by atoms with Crippen LogP contribution in [0.15, 0.2) is 16.9 Å². The predicted molar refractivity (Wildman–Crippen MR) is 90.3 cm³/mol. The molecule has 1 fully saturated rings. The molecule has 1 unspecified atom stereocenters. The van der Waals surface area contributed by atoms with Crippen molar-refractivity contribution in [2.24, 2.45) is 0 Å². The maximum absolute atomic E-state index is 12.2. The number of carbonyl (C=O) groups is 1. The minimum atomic E-state index is -0.483. The van der Waals surface area contributed by atoms with Crippen LogP contribution in [0.5, 0.6) is 0 Å². The van der Waals surface area contributed by atoms with E-state index in [1.54, 1.807) is 9.42 Å². The number of hydrogen-bond donors (Lipinski definition) is 1. The Labute approximate surface area is 142 Å². The van der Waals surface area contributed by atoms with Crippen LogP contribution in [-0.4, -0.2) is 44.3 Å². The number of aromatic nitrogens is 3. The van der Waals surface area contributed by atoms with Crippen molar-refractivity contribution in [3.8, 4) is 0 Å². The molecule has 1 aliphatic rings. The number of fused-ring (bicyclic) bond motifs is 1. The Morgan fingerprint density at radius 3 is 2.87 bits per heavy atom. The molecule has 7 nitrogen and oxygen atoms in total. The van der Waals surface area contributed by atoms with Crippen molar-refractivity contribution < 1.29 is 9.53 Å². The maximum atomic E-state index is 12.2. The van der Waals surface area contributed by atoms with Crippen LogP contribution in [0, 0.1) is 0 Å². The summed E-state index contributed by atoms with van der Waals surface area (Å²) in [6.45, 7) is 6.90. The number of carbonyl (C=O) groups excluding carboxylic acids is 1. The van der Waals surface area contributed by atoms with Crippen molar-refractivity contribution in [3.05, 3.63) is 22.6 Å². The van der Waals surface area contributed by atoms with Crippen LogP contribution in [0.25, 0.3) is 5.52 Å². The van der Waals surface area contributed by atoms with E-state index in [0.717, 1.165) is 17.6 Å². The predicted octanol–water partition coefficient (Wildman–Crippen LogP) is 2.80. The zero-order chi connectivity index (χ0) is 16.8. The average Bonchev–Trinajstić information content (AvgIpc) is 3.01. The van der Waals surface area contributed by atoms with E-state index in [0.29, 0.717) is 23.6 Å². The van der Waals surface area contributed by atoms with Crippen LogP contribution >= 0.6 is 15.9 Å². The molecule has 0 aromatic carbocycles. The largest absolute Gasteiger partial charge is 0.444 e. The quantitative estimate of drug-likeness (QED) is 0.820. The molecule has 2 aromatic rings. The Kier molecular flexibility index (Phi) is 3.95. The van der Waals surface area contributed by atoms with Gasteiger partial charge in [-0.05, 0) is 55.3 Å². The smallest absolute Gasteiger partial charge is 0.410 e. The van der Waals surface area contributed by atoms with E-state index in [1.807, 2.05) is 32.9 Å². The SMILES string of the molecule is CC(C)(C)OC(=O)N1CCC(c2ccc3c(N)nc(Br)nn23)C1. The number of ether oxygens (including phenoxy) is 1. The maximum Gasteiger partial charge on any atom is 0.410 e. The van der Waals surface area contributed by atoms with Gasteiger partial charge in [0.1, 0.15) is 11.1 Å². The van der Waals surface area contributed by atoms with Crippen LogP contribution < -0.4 is 5.73 Å². The Hall–Kier alpha value is -1.83. The van der Waals surface area contributed by atoms with Gasteiger partial charge in [0.15, 0.2) is 5.82 Å². The van der Waals surface area contributed by atoms with Crippen molar-refractivity contribution in [3.63, 3.8) is 0 Å². The number of halogens is 1. The molecular weight excluding hydrogens is 362 g/mol. The van der Waals surface area contributed by atoms with E-state index in [1.165, 1.54) is 0 Å². The number of hydrogen-bond acceptors (Lipinski definition) is 5. The van der Waals surface area contributed by atoms with E-state index < -0.39 is 5.60 Å². The summed E-state index contributed by atoms with van der Waals surface area (Å²) in [6.07, 6.45) is 0.601. The zero-order valence-electron chi connectivity index (χ0n) is 13.4. The highest BCUT2D eigenvalue weighted by molar-refractivity contribution is 9.10. The van der Waals surface area contributed by atoms with Gasteiger partial charge < -0.3 is 15.4 Å². The molecule has 0 spiro atoms. The fourth-order valence-electron chi connectivity index (χ4n) is 2.81. The molecule has 1 amide bonds. The van der Waals surface area contributed by atoms with Gasteiger partial charge in [-0.1, -0.05) is 0 Å². The second-order valence-electron chi connectivity index (χ2n) is 6.73. The van der Waals surface area contributed by atoms with Gasteiger partial charge in [0.25, 0.3) is 0 Å². The zero-order valence-corrected chi connectivity index (χ0v) is 15.0. The monoisotopic (exact) mass is 381 g/mol. The van der Waals surface area contributed by atoms with Crippen molar-refractivity contribution in [1.82, 2.24) is 19.5 Å². The summed E-state index contributed by atoms with van der Waals surface area (Å²) in [5.41, 5.74) is 7.25. The molecule has 124 valence electrons. The number of nitrogens with zero attached hydrogens (tertiary/aromatic N) is 4. The Morgan fingerprint density at radius 1 is 1.43 bits per heavy atom. The van der Waals surface area contributed by atoms with Gasteiger partial charge in [-0.3, -0.25) is 0 Å². The normalized spacial score (nSPS) is 18.6. The lowest BCUT2D eigenvalue weighted by molar-refractivity contribution is 0.0292. The second-order valence-corrected chi connectivity index (χ2v) is 7.44. The van der Waals surface area contributed by atoms with Crippen LogP contribution in [0.2, 0.25) is 0 Å². The van der Waals surface area contributed by atoms with Gasteiger partial charge in [0.2, 0.25) is 4.73 Å². The minimum absolute atomic E-state index is 0.200. The fraction of sp³-hybridized carbons (Fsp3) is 0.533. The first kappa shape index (κ1) is 16.0. The standard InChI is InChI=1S/C15H20BrN5O2/c1-15(2,3)23-14(22)20-7-6-9(8-20)10-4-5-11-12(17)18-13(16)19-21(10)11/h4-5,9H,6-8H2,1-3H3,(H2,17,18,19). The molecule has 3 heterocycles. The topological polar surface area (TPSA) is 85.8 Å². The Morgan fingerprint density at radius 2 is 2.17 bits per heavy atom. The molecule has 3 rings (SSSR count). The average molecular weight is 382 g/mol. The molecule has 1 saturated heterocycles. The molecule has 23 heavy (non-hydrogen) atoms. The van der Waals surface area contributed by atoms with E-state index in [9.17, 15) is 4.79 Å². The number of nitrogen functional groups attached to an aromatic ring is 1. The van der Waals surface area contributed by atoms with Crippen LogP contribution in [-0.2, 0) is 4.74 Å². The summed E-state index contributed by atoms with van der Waals surface area (Å²) in [6, 6.07) is 3.91. The first-order valence-electron chi connectivity index (χ1n) is 7.53. The molecule has 1 aliphatic heterocycles. The summed E-state index contributed by atoms with van der Waals surface area (Å²) in [5.74, 6) is 0.631. The molecule has 2 aromatic heterocycles. The summed E-state index contributed by atoms with van der Waals surface area (Å²) < 4.78 is 7.69. The number of anilines is 1. The molecular formula is C15H20BrN5O2.